The predicted octanol–water partition coefficient (Wildman–Crippen LogP) is 5.09. The highest BCUT2D eigenvalue weighted by molar-refractivity contribution is 7.07. The minimum atomic E-state index is -0.239. The summed E-state index contributed by atoms with van der Waals surface area (Å²) >= 11 is 1.50. The van der Waals surface area contributed by atoms with Gasteiger partial charge >= 0.3 is 0 Å². The minimum Gasteiger partial charge on any atom is -0.482 e. The van der Waals surface area contributed by atoms with Crippen molar-refractivity contribution in [1.82, 2.24) is 4.98 Å². The molecule has 0 unspecified atom stereocenters. The van der Waals surface area contributed by atoms with Gasteiger partial charge in [0.15, 0.2) is 12.4 Å². The zero-order valence-corrected chi connectivity index (χ0v) is 17.3. The van der Waals surface area contributed by atoms with Gasteiger partial charge in [-0.1, -0.05) is 54.6 Å². The largest absolute Gasteiger partial charge is 0.482 e. The monoisotopic (exact) mass is 426 g/mol. The number of rotatable bonds is 5. The van der Waals surface area contributed by atoms with Crippen molar-refractivity contribution >= 4 is 28.7 Å². The number of anilines is 1. The van der Waals surface area contributed by atoms with E-state index in [1.807, 2.05) is 78.2 Å². The first-order chi connectivity index (χ1) is 15.2. The highest BCUT2D eigenvalue weighted by Gasteiger charge is 2.28. The number of carbonyl (C=O) groups is 2. The van der Waals surface area contributed by atoms with E-state index in [4.69, 9.17) is 4.74 Å². The molecule has 0 aliphatic carbocycles. The zero-order chi connectivity index (χ0) is 21.2. The Bertz CT molecular complexity index is 1240. The molecule has 6 heteroatoms. The molecule has 5 rings (SSSR count). The summed E-state index contributed by atoms with van der Waals surface area (Å²) in [6.07, 6.45) is 0. The lowest BCUT2D eigenvalue weighted by Gasteiger charge is -2.29. The van der Waals surface area contributed by atoms with E-state index in [1.54, 1.807) is 5.51 Å². The number of Topliss-reactive ketones (excluding diaryl/α,β-unsaturated/α-hetero) is 1. The third kappa shape index (κ3) is 3.85. The first-order valence-electron chi connectivity index (χ1n) is 9.83. The van der Waals surface area contributed by atoms with Crippen LogP contribution in [0.25, 0.3) is 22.4 Å². The number of amides is 1. The van der Waals surface area contributed by atoms with Crippen molar-refractivity contribution in [2.24, 2.45) is 0 Å². The third-order valence-electron chi connectivity index (χ3n) is 5.25. The van der Waals surface area contributed by atoms with Gasteiger partial charge in [-0.15, -0.1) is 11.3 Å². The van der Waals surface area contributed by atoms with E-state index in [0.29, 0.717) is 17.0 Å². The molecule has 1 aliphatic heterocycles. The maximum absolute atomic E-state index is 13.0. The molecule has 0 saturated carbocycles. The summed E-state index contributed by atoms with van der Waals surface area (Å²) in [5, 5.41) is 1.94. The van der Waals surface area contributed by atoms with E-state index >= 15 is 0 Å². The molecule has 1 amide bonds. The number of thiazole rings is 1. The fourth-order valence-corrected chi connectivity index (χ4v) is 4.17. The van der Waals surface area contributed by atoms with Crippen molar-refractivity contribution in [3.8, 4) is 28.1 Å². The van der Waals surface area contributed by atoms with Crippen LogP contribution in [-0.4, -0.2) is 29.8 Å². The van der Waals surface area contributed by atoms with Gasteiger partial charge in [0, 0.05) is 16.5 Å². The molecule has 0 radical (unpaired) electrons. The van der Waals surface area contributed by atoms with Crippen LogP contribution in [-0.2, 0) is 4.79 Å². The molecule has 0 N–H and O–H groups in total. The van der Waals surface area contributed by atoms with E-state index in [0.717, 1.165) is 22.4 Å². The molecule has 1 aliphatic rings. The molecular weight excluding hydrogens is 408 g/mol. The van der Waals surface area contributed by atoms with Crippen LogP contribution in [0.3, 0.4) is 0 Å². The summed E-state index contributed by atoms with van der Waals surface area (Å²) in [6, 6.07) is 23.0. The Kier molecular flexibility index (Phi) is 5.06. The quantitative estimate of drug-likeness (QED) is 0.417. The molecule has 0 atom stereocenters. The van der Waals surface area contributed by atoms with E-state index < -0.39 is 0 Å². The molecule has 3 aromatic carbocycles. The second-order valence-corrected chi connectivity index (χ2v) is 7.91. The highest BCUT2D eigenvalue weighted by Crippen LogP contribution is 2.36. The number of hydrogen-bond acceptors (Lipinski definition) is 5. The Morgan fingerprint density at radius 2 is 1.71 bits per heavy atom. The lowest BCUT2D eigenvalue weighted by atomic mass is 10.0. The van der Waals surface area contributed by atoms with Crippen LogP contribution in [0.5, 0.6) is 5.75 Å². The van der Waals surface area contributed by atoms with Crippen molar-refractivity contribution in [2.75, 3.05) is 18.1 Å². The number of nitrogens with zero attached hydrogens (tertiary/aromatic N) is 2. The van der Waals surface area contributed by atoms with E-state index in [9.17, 15) is 9.59 Å². The lowest BCUT2D eigenvalue weighted by molar-refractivity contribution is -0.121. The Morgan fingerprint density at radius 1 is 0.968 bits per heavy atom. The topological polar surface area (TPSA) is 59.5 Å². The van der Waals surface area contributed by atoms with Gasteiger partial charge in [-0.2, -0.15) is 0 Å². The van der Waals surface area contributed by atoms with Crippen LogP contribution in [0, 0.1) is 0 Å². The smallest absolute Gasteiger partial charge is 0.265 e. The Morgan fingerprint density at radius 3 is 2.45 bits per heavy atom. The molecular formula is C25H18N2O3S. The molecule has 4 aromatic rings. The number of hydrogen-bond donors (Lipinski definition) is 0. The molecule has 0 saturated heterocycles. The molecule has 31 heavy (non-hydrogen) atoms. The van der Waals surface area contributed by atoms with Crippen LogP contribution >= 0.6 is 11.3 Å². The third-order valence-corrected chi connectivity index (χ3v) is 5.83. The first-order valence-corrected chi connectivity index (χ1v) is 10.8. The van der Waals surface area contributed by atoms with Gasteiger partial charge in [-0.25, -0.2) is 4.98 Å². The van der Waals surface area contributed by atoms with Crippen LogP contribution in [0.2, 0.25) is 0 Å². The summed E-state index contributed by atoms with van der Waals surface area (Å²) in [6.45, 7) is -0.121. The van der Waals surface area contributed by atoms with E-state index in [-0.39, 0.29) is 24.8 Å². The average Bonchev–Trinajstić information content (AvgIpc) is 3.36. The molecule has 0 spiro atoms. The van der Waals surface area contributed by atoms with Gasteiger partial charge in [-0.05, 0) is 29.3 Å². The molecule has 2 heterocycles. The number of ketones is 1. The summed E-state index contributed by atoms with van der Waals surface area (Å²) < 4.78 is 5.57. The summed E-state index contributed by atoms with van der Waals surface area (Å²) in [5.74, 6) is 0.225. The summed E-state index contributed by atoms with van der Waals surface area (Å²) in [4.78, 5) is 31.4. The molecule has 152 valence electrons. The summed E-state index contributed by atoms with van der Waals surface area (Å²) in [5.41, 5.74) is 6.76. The van der Waals surface area contributed by atoms with Gasteiger partial charge in [0.25, 0.3) is 5.91 Å². The number of ether oxygens (including phenoxy) is 1. The van der Waals surface area contributed by atoms with Gasteiger partial charge in [0.1, 0.15) is 5.75 Å². The number of aromatic nitrogens is 1. The SMILES string of the molecule is O=C(CN1C(=O)COc2ccc(-c3cscn3)cc21)c1ccc(-c2ccccc2)cc1. The Hall–Kier alpha value is -3.77. The maximum atomic E-state index is 13.0. The summed E-state index contributed by atoms with van der Waals surface area (Å²) in [7, 11) is 0. The molecule has 1 aromatic heterocycles. The van der Waals surface area contributed by atoms with Gasteiger partial charge < -0.3 is 4.74 Å². The van der Waals surface area contributed by atoms with Crippen LogP contribution in [0.15, 0.2) is 83.7 Å². The lowest BCUT2D eigenvalue weighted by Crippen LogP contribution is -2.42. The predicted molar refractivity (Wildman–Crippen MR) is 122 cm³/mol. The van der Waals surface area contributed by atoms with Gasteiger partial charge in [0.2, 0.25) is 0 Å². The van der Waals surface area contributed by atoms with Crippen LogP contribution in [0.4, 0.5) is 5.69 Å². The van der Waals surface area contributed by atoms with Crippen molar-refractivity contribution < 1.29 is 14.3 Å². The van der Waals surface area contributed by atoms with Crippen molar-refractivity contribution in [1.29, 1.82) is 0 Å². The van der Waals surface area contributed by atoms with E-state index in [1.165, 1.54) is 16.2 Å². The maximum Gasteiger partial charge on any atom is 0.265 e. The normalized spacial score (nSPS) is 12.9. The van der Waals surface area contributed by atoms with Gasteiger partial charge in [-0.3, -0.25) is 14.5 Å². The minimum absolute atomic E-state index is 0.0413. The molecule has 0 fully saturated rings. The standard InChI is InChI=1S/C25H18N2O3S/c28-23(19-8-6-18(7-9-19)17-4-2-1-3-5-17)13-27-22-12-20(21-15-31-16-26-21)10-11-24(22)30-14-25(27)29/h1-12,15-16H,13-14H2. The Balaban J connectivity index is 1.40. The second kappa shape index (κ2) is 8.16. The fraction of sp³-hybridized carbons (Fsp3) is 0.0800. The average molecular weight is 426 g/mol. The molecule has 0 bridgehead atoms. The molecule has 5 nitrogen and oxygen atoms in total. The van der Waals surface area contributed by atoms with E-state index in [2.05, 4.69) is 4.98 Å². The van der Waals surface area contributed by atoms with Gasteiger partial charge in [0.05, 0.1) is 23.4 Å². The van der Waals surface area contributed by atoms with Crippen molar-refractivity contribution in [3.05, 3.63) is 89.3 Å². The van der Waals surface area contributed by atoms with Crippen molar-refractivity contribution in [3.63, 3.8) is 0 Å². The fourth-order valence-electron chi connectivity index (χ4n) is 3.60. The zero-order valence-electron chi connectivity index (χ0n) is 16.5. The van der Waals surface area contributed by atoms with Crippen LogP contribution < -0.4 is 9.64 Å². The number of carbonyl (C=O) groups excluding carboxylic acids is 2. The highest BCUT2D eigenvalue weighted by atomic mass is 32.1. The van der Waals surface area contributed by atoms with Crippen LogP contribution in [0.1, 0.15) is 10.4 Å². The van der Waals surface area contributed by atoms with Crippen molar-refractivity contribution in [2.45, 2.75) is 0 Å². The Labute approximate surface area is 183 Å². The number of fused-ring (bicyclic) bond motifs is 1. The second-order valence-electron chi connectivity index (χ2n) is 7.19. The number of benzene rings is 3. The first kappa shape index (κ1) is 19.2.